The van der Waals surface area contributed by atoms with Crippen LogP contribution in [0.1, 0.15) is 0 Å². The van der Waals surface area contributed by atoms with E-state index < -0.39 is 6.36 Å². The van der Waals surface area contributed by atoms with Crippen LogP contribution in [-0.2, 0) is 4.84 Å². The zero-order valence-electron chi connectivity index (χ0n) is 5.85. The third-order valence-corrected chi connectivity index (χ3v) is 0.986. The summed E-state index contributed by atoms with van der Waals surface area (Å²) in [6, 6.07) is 8.59. The lowest BCUT2D eigenvalue weighted by atomic mass is 10.3. The largest absolute Gasteiger partial charge is 0.543 e. The number of alkyl halides is 3. The molecule has 0 fully saturated rings. The molecule has 0 amide bonds. The van der Waals surface area contributed by atoms with Crippen molar-refractivity contribution >= 4 is 5.69 Å². The van der Waals surface area contributed by atoms with Crippen molar-refractivity contribution in [2.24, 2.45) is 0 Å². The summed E-state index contributed by atoms with van der Waals surface area (Å²) in [5.41, 5.74) is 1.84. The van der Waals surface area contributed by atoms with Crippen molar-refractivity contribution in [2.45, 2.75) is 6.36 Å². The monoisotopic (exact) mass is 176 g/mol. The maximum Gasteiger partial charge on any atom is 0.543 e. The standard InChI is InChI=1S/C7H5F3NO/c8-7(9,10)12-11-6-4-2-1-3-5-6/h1-4,11H. The second-order valence-electron chi connectivity index (χ2n) is 1.93. The fraction of sp³-hybridized carbons (Fsp3) is 0.143. The van der Waals surface area contributed by atoms with Crippen LogP contribution in [-0.4, -0.2) is 6.36 Å². The van der Waals surface area contributed by atoms with Gasteiger partial charge in [-0.3, -0.25) is 5.48 Å². The molecule has 0 aliphatic carbocycles. The SMILES string of the molecule is FC(F)(F)ONc1[c]cccc1. The number of rotatable bonds is 2. The highest BCUT2D eigenvalue weighted by atomic mass is 19.4. The summed E-state index contributed by atoms with van der Waals surface area (Å²) in [7, 11) is 0. The van der Waals surface area contributed by atoms with Crippen LogP contribution in [0.15, 0.2) is 24.3 Å². The number of halogens is 3. The molecule has 0 unspecified atom stereocenters. The molecule has 1 N–H and O–H groups in total. The second-order valence-corrected chi connectivity index (χ2v) is 1.93. The molecule has 0 atom stereocenters. The van der Waals surface area contributed by atoms with Gasteiger partial charge in [0.15, 0.2) is 0 Å². The topological polar surface area (TPSA) is 21.3 Å². The summed E-state index contributed by atoms with van der Waals surface area (Å²) in [4.78, 5) is 3.33. The zero-order valence-corrected chi connectivity index (χ0v) is 5.85. The molecule has 1 radical (unpaired) electrons. The zero-order chi connectivity index (χ0) is 9.03. The van der Waals surface area contributed by atoms with Gasteiger partial charge < -0.3 is 0 Å². The van der Waals surface area contributed by atoms with Gasteiger partial charge in [0.05, 0.1) is 5.69 Å². The van der Waals surface area contributed by atoms with E-state index in [0.29, 0.717) is 0 Å². The van der Waals surface area contributed by atoms with Crippen LogP contribution in [0.2, 0.25) is 0 Å². The highest BCUT2D eigenvalue weighted by molar-refractivity contribution is 5.38. The lowest BCUT2D eigenvalue weighted by molar-refractivity contribution is -0.311. The summed E-state index contributed by atoms with van der Waals surface area (Å²) < 4.78 is 34.3. The van der Waals surface area contributed by atoms with Crippen LogP contribution in [0.5, 0.6) is 0 Å². The molecule has 0 aliphatic rings. The molecular formula is C7H5F3NO. The van der Waals surface area contributed by atoms with Gasteiger partial charge in [-0.1, -0.05) is 18.2 Å². The maximum atomic E-state index is 11.4. The predicted molar refractivity (Wildman–Crippen MR) is 36.0 cm³/mol. The van der Waals surface area contributed by atoms with Gasteiger partial charge in [-0.2, -0.15) is 4.84 Å². The van der Waals surface area contributed by atoms with E-state index in [1.165, 1.54) is 12.1 Å². The Bertz CT molecular complexity index is 234. The van der Waals surface area contributed by atoms with Crippen molar-refractivity contribution in [1.82, 2.24) is 0 Å². The summed E-state index contributed by atoms with van der Waals surface area (Å²) in [5, 5.41) is 0. The summed E-state index contributed by atoms with van der Waals surface area (Å²) in [6.45, 7) is 0. The number of benzene rings is 1. The van der Waals surface area contributed by atoms with Gasteiger partial charge in [0, 0.05) is 6.07 Å². The first-order valence-corrected chi connectivity index (χ1v) is 3.05. The Kier molecular flexibility index (Phi) is 2.54. The first-order chi connectivity index (χ1) is 5.58. The van der Waals surface area contributed by atoms with Crippen molar-refractivity contribution in [3.63, 3.8) is 0 Å². The smallest absolute Gasteiger partial charge is 0.258 e. The van der Waals surface area contributed by atoms with E-state index in [9.17, 15) is 13.2 Å². The fourth-order valence-corrected chi connectivity index (χ4v) is 0.570. The predicted octanol–water partition coefficient (Wildman–Crippen LogP) is 2.35. The molecule has 0 saturated carbocycles. The molecule has 0 aromatic heterocycles. The number of para-hydroxylation sites is 1. The highest BCUT2D eigenvalue weighted by Gasteiger charge is 2.29. The highest BCUT2D eigenvalue weighted by Crippen LogP contribution is 2.17. The molecule has 0 bridgehead atoms. The Hall–Kier alpha value is -1.23. The lowest BCUT2D eigenvalue weighted by Gasteiger charge is -2.07. The van der Waals surface area contributed by atoms with E-state index in [-0.39, 0.29) is 5.69 Å². The molecule has 1 aromatic carbocycles. The molecule has 65 valence electrons. The van der Waals surface area contributed by atoms with Crippen LogP contribution >= 0.6 is 0 Å². The second kappa shape index (κ2) is 3.44. The van der Waals surface area contributed by atoms with Gasteiger partial charge in [0.25, 0.3) is 0 Å². The molecule has 12 heavy (non-hydrogen) atoms. The Morgan fingerprint density at radius 2 is 2.08 bits per heavy atom. The molecule has 5 heteroatoms. The van der Waals surface area contributed by atoms with Crippen LogP contribution in [0.25, 0.3) is 0 Å². The molecule has 2 nitrogen and oxygen atoms in total. The average molecular weight is 176 g/mol. The number of hydrogen-bond acceptors (Lipinski definition) is 2. The average Bonchev–Trinajstić information content (AvgIpc) is 2.02. The third-order valence-electron chi connectivity index (χ3n) is 0.986. The minimum absolute atomic E-state index is 0.134. The minimum Gasteiger partial charge on any atom is -0.258 e. The van der Waals surface area contributed by atoms with Gasteiger partial charge in [0.1, 0.15) is 0 Å². The van der Waals surface area contributed by atoms with Gasteiger partial charge >= 0.3 is 6.36 Å². The van der Waals surface area contributed by atoms with E-state index in [2.05, 4.69) is 10.9 Å². The van der Waals surface area contributed by atoms with Crippen molar-refractivity contribution in [1.29, 1.82) is 0 Å². The Morgan fingerprint density at radius 1 is 1.33 bits per heavy atom. The quantitative estimate of drug-likeness (QED) is 0.698. The summed E-state index contributed by atoms with van der Waals surface area (Å²) in [5.74, 6) is 0. The maximum absolute atomic E-state index is 11.4. The first-order valence-electron chi connectivity index (χ1n) is 3.05. The summed E-state index contributed by atoms with van der Waals surface area (Å²) >= 11 is 0. The molecule has 1 aromatic rings. The number of anilines is 1. The van der Waals surface area contributed by atoms with Gasteiger partial charge in [-0.05, 0) is 6.07 Å². The molecule has 1 rings (SSSR count). The Balaban J connectivity index is 2.44. The van der Waals surface area contributed by atoms with Crippen LogP contribution in [0, 0.1) is 6.07 Å². The molecule has 0 spiro atoms. The van der Waals surface area contributed by atoms with Crippen molar-refractivity contribution in [3.8, 4) is 0 Å². The van der Waals surface area contributed by atoms with E-state index in [1.807, 2.05) is 0 Å². The Labute approximate surface area is 66.9 Å². The van der Waals surface area contributed by atoms with Crippen molar-refractivity contribution in [3.05, 3.63) is 30.3 Å². The van der Waals surface area contributed by atoms with Crippen LogP contribution in [0.4, 0.5) is 18.9 Å². The van der Waals surface area contributed by atoms with Crippen molar-refractivity contribution < 1.29 is 18.0 Å². The molecular weight excluding hydrogens is 171 g/mol. The molecule has 0 aliphatic heterocycles. The van der Waals surface area contributed by atoms with E-state index >= 15 is 0 Å². The normalized spacial score (nSPS) is 11.2. The van der Waals surface area contributed by atoms with Gasteiger partial charge in [0.2, 0.25) is 0 Å². The van der Waals surface area contributed by atoms with E-state index in [1.54, 1.807) is 17.6 Å². The van der Waals surface area contributed by atoms with Crippen molar-refractivity contribution in [2.75, 3.05) is 5.48 Å². The minimum atomic E-state index is -4.68. The lowest BCUT2D eigenvalue weighted by Crippen LogP contribution is -2.17. The van der Waals surface area contributed by atoms with E-state index in [4.69, 9.17) is 0 Å². The molecule has 0 heterocycles. The summed E-state index contributed by atoms with van der Waals surface area (Å²) in [6.07, 6.45) is -4.68. The van der Waals surface area contributed by atoms with Crippen LogP contribution in [0.3, 0.4) is 0 Å². The Morgan fingerprint density at radius 3 is 2.58 bits per heavy atom. The third kappa shape index (κ3) is 3.25. The number of nitrogens with one attached hydrogen (secondary N) is 1. The fourth-order valence-electron chi connectivity index (χ4n) is 0.570. The molecule has 0 saturated heterocycles. The van der Waals surface area contributed by atoms with E-state index in [0.717, 1.165) is 0 Å². The van der Waals surface area contributed by atoms with Crippen LogP contribution < -0.4 is 5.48 Å². The van der Waals surface area contributed by atoms with Gasteiger partial charge in [-0.25, -0.2) is 0 Å². The number of hydrogen-bond donors (Lipinski definition) is 1. The first kappa shape index (κ1) is 8.86. The van der Waals surface area contributed by atoms with Gasteiger partial charge in [-0.15, -0.1) is 13.2 Å².